The predicted octanol–water partition coefficient (Wildman–Crippen LogP) is 5.87. The normalized spacial score (nSPS) is 10.9. The summed E-state index contributed by atoms with van der Waals surface area (Å²) in [5.74, 6) is -0.0106. The third-order valence-corrected chi connectivity index (χ3v) is 3.89. The van der Waals surface area contributed by atoms with Gasteiger partial charge in [-0.2, -0.15) is 0 Å². The van der Waals surface area contributed by atoms with Crippen molar-refractivity contribution >= 4 is 59.6 Å². The summed E-state index contributed by atoms with van der Waals surface area (Å²) < 4.78 is 2.90. The van der Waals surface area contributed by atoms with Crippen molar-refractivity contribution in [3.05, 3.63) is 73.1 Å². The summed E-state index contributed by atoms with van der Waals surface area (Å²) in [7, 11) is 0. The summed E-state index contributed by atoms with van der Waals surface area (Å²) >= 11 is 10.2. The topological polar surface area (TPSA) is 17.1 Å². The van der Waals surface area contributed by atoms with Crippen LogP contribution < -0.4 is 0 Å². The third-order valence-electron chi connectivity index (χ3n) is 2.44. The van der Waals surface area contributed by atoms with Gasteiger partial charge in [0.1, 0.15) is 0 Å². The largest absolute Gasteiger partial charge is 0.289 e. The lowest BCUT2D eigenvalue weighted by molar-refractivity contribution is 0.104. The molecule has 2 aromatic rings. The standard InChI is InChI=1S/C15H9Br3O/c16-12-4-2-11(3-5-12)15(19)6-1-10-7-13(17)9-14(18)8-10/h1-9H. The molecule has 0 aliphatic rings. The Morgan fingerprint density at radius 3 is 2.00 bits per heavy atom. The molecule has 0 aromatic heterocycles. The van der Waals surface area contributed by atoms with Crippen molar-refractivity contribution in [2.24, 2.45) is 0 Å². The number of halogens is 3. The van der Waals surface area contributed by atoms with Crippen LogP contribution in [0.4, 0.5) is 0 Å². The number of allylic oxidation sites excluding steroid dienone is 1. The SMILES string of the molecule is O=C(C=Cc1cc(Br)cc(Br)c1)c1ccc(Br)cc1. The Balaban J connectivity index is 2.18. The van der Waals surface area contributed by atoms with Gasteiger partial charge in [-0.25, -0.2) is 0 Å². The second kappa shape index (κ2) is 6.64. The number of rotatable bonds is 3. The first-order chi connectivity index (χ1) is 9.04. The summed E-state index contributed by atoms with van der Waals surface area (Å²) in [6, 6.07) is 13.2. The van der Waals surface area contributed by atoms with Crippen LogP contribution in [0.15, 0.2) is 62.0 Å². The van der Waals surface area contributed by atoms with Crippen molar-refractivity contribution in [3.8, 4) is 0 Å². The van der Waals surface area contributed by atoms with E-state index in [0.29, 0.717) is 5.56 Å². The van der Waals surface area contributed by atoms with Gasteiger partial charge in [0.2, 0.25) is 0 Å². The maximum atomic E-state index is 12.0. The average molecular weight is 445 g/mol. The van der Waals surface area contributed by atoms with Gasteiger partial charge in [0.15, 0.2) is 5.78 Å². The highest BCUT2D eigenvalue weighted by Gasteiger charge is 2.01. The molecule has 0 atom stereocenters. The van der Waals surface area contributed by atoms with Crippen molar-refractivity contribution < 1.29 is 4.79 Å². The highest BCUT2D eigenvalue weighted by molar-refractivity contribution is 9.11. The molecular formula is C15H9Br3O. The van der Waals surface area contributed by atoms with E-state index in [-0.39, 0.29) is 5.78 Å². The summed E-state index contributed by atoms with van der Waals surface area (Å²) in [5, 5.41) is 0. The van der Waals surface area contributed by atoms with Gasteiger partial charge < -0.3 is 0 Å². The Morgan fingerprint density at radius 1 is 0.842 bits per heavy atom. The molecule has 2 rings (SSSR count). The van der Waals surface area contributed by atoms with Crippen molar-refractivity contribution in [2.45, 2.75) is 0 Å². The molecule has 0 heterocycles. The molecular weight excluding hydrogens is 436 g/mol. The first-order valence-corrected chi connectivity index (χ1v) is 7.86. The maximum absolute atomic E-state index is 12.0. The van der Waals surface area contributed by atoms with Gasteiger partial charge in [0.05, 0.1) is 0 Å². The molecule has 0 amide bonds. The van der Waals surface area contributed by atoms with Crippen LogP contribution in [0.5, 0.6) is 0 Å². The second-order valence-corrected chi connectivity index (χ2v) is 6.65. The van der Waals surface area contributed by atoms with Crippen molar-refractivity contribution in [1.82, 2.24) is 0 Å². The molecule has 0 unspecified atom stereocenters. The molecule has 0 saturated carbocycles. The first kappa shape index (κ1) is 14.7. The fraction of sp³-hybridized carbons (Fsp3) is 0. The van der Waals surface area contributed by atoms with Crippen LogP contribution in [-0.2, 0) is 0 Å². The lowest BCUT2D eigenvalue weighted by atomic mass is 10.1. The molecule has 0 saturated heterocycles. The molecule has 0 spiro atoms. The van der Waals surface area contributed by atoms with Crippen LogP contribution in [0.25, 0.3) is 6.08 Å². The van der Waals surface area contributed by atoms with E-state index >= 15 is 0 Å². The molecule has 0 N–H and O–H groups in total. The van der Waals surface area contributed by atoms with Gasteiger partial charge >= 0.3 is 0 Å². The Hall–Kier alpha value is -0.710. The Morgan fingerprint density at radius 2 is 1.42 bits per heavy atom. The second-order valence-electron chi connectivity index (χ2n) is 3.91. The molecule has 0 fully saturated rings. The van der Waals surface area contributed by atoms with Crippen molar-refractivity contribution in [3.63, 3.8) is 0 Å². The number of ketones is 1. The molecule has 1 nitrogen and oxygen atoms in total. The Bertz CT molecular complexity index is 610. The van der Waals surface area contributed by atoms with E-state index in [1.165, 1.54) is 0 Å². The van der Waals surface area contributed by atoms with Gasteiger partial charge in [0, 0.05) is 19.0 Å². The van der Waals surface area contributed by atoms with E-state index in [4.69, 9.17) is 0 Å². The molecule has 96 valence electrons. The third kappa shape index (κ3) is 4.41. The highest BCUT2D eigenvalue weighted by atomic mass is 79.9. The molecule has 0 radical (unpaired) electrons. The van der Waals surface area contributed by atoms with Crippen LogP contribution in [-0.4, -0.2) is 5.78 Å². The van der Waals surface area contributed by atoms with E-state index < -0.39 is 0 Å². The molecule has 0 aliphatic heterocycles. The highest BCUT2D eigenvalue weighted by Crippen LogP contribution is 2.21. The number of benzene rings is 2. The predicted molar refractivity (Wildman–Crippen MR) is 89.3 cm³/mol. The van der Waals surface area contributed by atoms with Gasteiger partial charge in [-0.05, 0) is 54.1 Å². The lowest BCUT2D eigenvalue weighted by Gasteiger charge is -1.98. The van der Waals surface area contributed by atoms with E-state index in [0.717, 1.165) is 19.0 Å². The van der Waals surface area contributed by atoms with E-state index in [1.807, 2.05) is 30.3 Å². The number of carbonyl (C=O) groups is 1. The first-order valence-electron chi connectivity index (χ1n) is 5.49. The quantitative estimate of drug-likeness (QED) is 0.427. The zero-order valence-corrected chi connectivity index (χ0v) is 14.5. The van der Waals surface area contributed by atoms with Crippen LogP contribution in [0, 0.1) is 0 Å². The average Bonchev–Trinajstić information content (AvgIpc) is 2.36. The van der Waals surface area contributed by atoms with E-state index in [9.17, 15) is 4.79 Å². The van der Waals surface area contributed by atoms with Gasteiger partial charge in [-0.1, -0.05) is 53.9 Å². The van der Waals surface area contributed by atoms with E-state index in [1.54, 1.807) is 24.3 Å². The van der Waals surface area contributed by atoms with E-state index in [2.05, 4.69) is 47.8 Å². The Labute approximate surface area is 137 Å². The molecule has 0 bridgehead atoms. The molecule has 0 aliphatic carbocycles. The number of hydrogen-bond acceptors (Lipinski definition) is 1. The fourth-order valence-electron chi connectivity index (χ4n) is 1.55. The molecule has 2 aromatic carbocycles. The minimum atomic E-state index is -0.0106. The van der Waals surface area contributed by atoms with Crippen LogP contribution >= 0.6 is 47.8 Å². The summed E-state index contributed by atoms with van der Waals surface area (Å²) in [4.78, 5) is 12.0. The van der Waals surface area contributed by atoms with Gasteiger partial charge in [0.25, 0.3) is 0 Å². The van der Waals surface area contributed by atoms with Crippen molar-refractivity contribution in [2.75, 3.05) is 0 Å². The lowest BCUT2D eigenvalue weighted by Crippen LogP contribution is -1.93. The minimum absolute atomic E-state index is 0.0106. The molecule has 4 heteroatoms. The summed E-state index contributed by atoms with van der Waals surface area (Å²) in [6.45, 7) is 0. The minimum Gasteiger partial charge on any atom is -0.289 e. The van der Waals surface area contributed by atoms with Crippen LogP contribution in [0.3, 0.4) is 0 Å². The zero-order valence-electron chi connectivity index (χ0n) is 9.74. The summed E-state index contributed by atoms with van der Waals surface area (Å²) in [5.41, 5.74) is 1.64. The number of hydrogen-bond donors (Lipinski definition) is 0. The molecule has 19 heavy (non-hydrogen) atoms. The van der Waals surface area contributed by atoms with Crippen molar-refractivity contribution in [1.29, 1.82) is 0 Å². The van der Waals surface area contributed by atoms with Gasteiger partial charge in [-0.15, -0.1) is 0 Å². The monoisotopic (exact) mass is 442 g/mol. The smallest absolute Gasteiger partial charge is 0.185 e. The van der Waals surface area contributed by atoms with Crippen LogP contribution in [0.1, 0.15) is 15.9 Å². The van der Waals surface area contributed by atoms with Crippen LogP contribution in [0.2, 0.25) is 0 Å². The number of carbonyl (C=O) groups excluding carboxylic acids is 1. The van der Waals surface area contributed by atoms with Gasteiger partial charge in [-0.3, -0.25) is 4.79 Å². The fourth-order valence-corrected chi connectivity index (χ4v) is 3.15. The Kier molecular flexibility index (Phi) is 5.13. The maximum Gasteiger partial charge on any atom is 0.185 e. The summed E-state index contributed by atoms with van der Waals surface area (Å²) in [6.07, 6.45) is 3.39. The zero-order chi connectivity index (χ0) is 13.8.